The van der Waals surface area contributed by atoms with E-state index in [1.807, 2.05) is 12.1 Å². The van der Waals surface area contributed by atoms with Crippen molar-refractivity contribution >= 4 is 0 Å². The molecule has 0 radical (unpaired) electrons. The van der Waals surface area contributed by atoms with Crippen molar-refractivity contribution in [1.29, 1.82) is 0 Å². The monoisotopic (exact) mass is 180 g/mol. The molecule has 0 bridgehead atoms. The molecule has 0 amide bonds. The zero-order valence-electron chi connectivity index (χ0n) is 7.87. The summed E-state index contributed by atoms with van der Waals surface area (Å²) in [6, 6.07) is 3.86. The lowest BCUT2D eigenvalue weighted by atomic mass is 9.98. The van der Waals surface area contributed by atoms with Crippen molar-refractivity contribution in [2.24, 2.45) is 0 Å². The number of hydrogen-bond donors (Lipinski definition) is 0. The van der Waals surface area contributed by atoms with E-state index in [0.29, 0.717) is 12.7 Å². The number of furan rings is 1. The topological polar surface area (TPSA) is 22.4 Å². The minimum atomic E-state index is 0.471. The molecule has 2 nitrogen and oxygen atoms in total. The van der Waals surface area contributed by atoms with Crippen LogP contribution in [0.4, 0.5) is 0 Å². The average molecular weight is 180 g/mol. The predicted molar refractivity (Wildman–Crippen MR) is 50.4 cm³/mol. The Morgan fingerprint density at radius 2 is 2.15 bits per heavy atom. The molecule has 0 atom stereocenters. The van der Waals surface area contributed by atoms with Gasteiger partial charge in [0.1, 0.15) is 12.4 Å². The first-order chi connectivity index (χ1) is 6.45. The Morgan fingerprint density at radius 1 is 1.31 bits per heavy atom. The van der Waals surface area contributed by atoms with Gasteiger partial charge in [-0.3, -0.25) is 0 Å². The van der Waals surface area contributed by atoms with Gasteiger partial charge in [0, 0.05) is 0 Å². The van der Waals surface area contributed by atoms with Gasteiger partial charge >= 0.3 is 0 Å². The highest BCUT2D eigenvalue weighted by molar-refractivity contribution is 4.96. The molecule has 1 aliphatic rings. The predicted octanol–water partition coefficient (Wildman–Crippen LogP) is 3.13. The lowest BCUT2D eigenvalue weighted by Crippen LogP contribution is -2.16. The Balaban J connectivity index is 1.72. The molecule has 1 aliphatic carbocycles. The number of rotatable bonds is 3. The van der Waals surface area contributed by atoms with Crippen LogP contribution in [0.1, 0.15) is 37.9 Å². The molecule has 0 unspecified atom stereocenters. The van der Waals surface area contributed by atoms with Crippen LogP contribution < -0.4 is 0 Å². The van der Waals surface area contributed by atoms with E-state index < -0.39 is 0 Å². The summed E-state index contributed by atoms with van der Waals surface area (Å²) in [6.07, 6.45) is 8.63. The summed E-state index contributed by atoms with van der Waals surface area (Å²) in [5, 5.41) is 0. The molecule has 1 aromatic rings. The summed E-state index contributed by atoms with van der Waals surface area (Å²) in [7, 11) is 0. The maximum Gasteiger partial charge on any atom is 0.129 e. The van der Waals surface area contributed by atoms with Gasteiger partial charge in [0.2, 0.25) is 0 Å². The number of hydrogen-bond acceptors (Lipinski definition) is 2. The van der Waals surface area contributed by atoms with Gasteiger partial charge in [-0.05, 0) is 25.0 Å². The molecule has 1 saturated carbocycles. The lowest BCUT2D eigenvalue weighted by Gasteiger charge is -2.21. The van der Waals surface area contributed by atoms with Gasteiger partial charge in [-0.15, -0.1) is 0 Å². The van der Waals surface area contributed by atoms with Crippen LogP contribution in [0, 0.1) is 0 Å². The third-order valence-corrected chi connectivity index (χ3v) is 2.59. The van der Waals surface area contributed by atoms with Crippen molar-refractivity contribution in [2.75, 3.05) is 0 Å². The third kappa shape index (κ3) is 2.59. The number of ether oxygens (including phenoxy) is 1. The lowest BCUT2D eigenvalue weighted by molar-refractivity contribution is 0.00877. The summed E-state index contributed by atoms with van der Waals surface area (Å²) in [4.78, 5) is 0. The Kier molecular flexibility index (Phi) is 3.03. The van der Waals surface area contributed by atoms with Crippen molar-refractivity contribution in [1.82, 2.24) is 0 Å². The van der Waals surface area contributed by atoms with Gasteiger partial charge in [-0.1, -0.05) is 19.3 Å². The average Bonchev–Trinajstić information content (AvgIpc) is 2.69. The van der Waals surface area contributed by atoms with Crippen molar-refractivity contribution in [3.63, 3.8) is 0 Å². The van der Waals surface area contributed by atoms with Crippen molar-refractivity contribution < 1.29 is 9.15 Å². The van der Waals surface area contributed by atoms with Crippen LogP contribution >= 0.6 is 0 Å². The van der Waals surface area contributed by atoms with E-state index in [4.69, 9.17) is 9.15 Å². The van der Waals surface area contributed by atoms with Crippen LogP contribution in [-0.2, 0) is 11.3 Å². The molecule has 1 heterocycles. The van der Waals surface area contributed by atoms with Gasteiger partial charge in [0.15, 0.2) is 0 Å². The molecule has 0 N–H and O–H groups in total. The van der Waals surface area contributed by atoms with E-state index >= 15 is 0 Å². The molecular weight excluding hydrogens is 164 g/mol. The summed E-state index contributed by atoms with van der Waals surface area (Å²) in [5.74, 6) is 0.936. The van der Waals surface area contributed by atoms with Crippen LogP contribution in [0.5, 0.6) is 0 Å². The molecule has 13 heavy (non-hydrogen) atoms. The van der Waals surface area contributed by atoms with E-state index in [9.17, 15) is 0 Å². The fraction of sp³-hybridized carbons (Fsp3) is 0.636. The first-order valence-corrected chi connectivity index (χ1v) is 5.09. The largest absolute Gasteiger partial charge is 0.467 e. The fourth-order valence-electron chi connectivity index (χ4n) is 1.83. The second-order valence-corrected chi connectivity index (χ2v) is 3.65. The summed E-state index contributed by atoms with van der Waals surface area (Å²) >= 11 is 0. The van der Waals surface area contributed by atoms with Gasteiger partial charge in [-0.25, -0.2) is 0 Å². The highest BCUT2D eigenvalue weighted by atomic mass is 16.5. The van der Waals surface area contributed by atoms with E-state index in [1.54, 1.807) is 6.26 Å². The van der Waals surface area contributed by atoms with E-state index in [2.05, 4.69) is 0 Å². The minimum Gasteiger partial charge on any atom is -0.467 e. The molecule has 72 valence electrons. The Labute approximate surface area is 78.9 Å². The van der Waals surface area contributed by atoms with E-state index in [1.165, 1.54) is 32.1 Å². The maximum atomic E-state index is 5.73. The highest BCUT2D eigenvalue weighted by Crippen LogP contribution is 2.21. The smallest absolute Gasteiger partial charge is 0.129 e. The highest BCUT2D eigenvalue weighted by Gasteiger charge is 2.13. The molecule has 0 aliphatic heterocycles. The van der Waals surface area contributed by atoms with Gasteiger partial charge in [-0.2, -0.15) is 0 Å². The fourth-order valence-corrected chi connectivity index (χ4v) is 1.83. The van der Waals surface area contributed by atoms with Crippen LogP contribution in [-0.4, -0.2) is 6.10 Å². The summed E-state index contributed by atoms with van der Waals surface area (Å²) < 4.78 is 10.9. The van der Waals surface area contributed by atoms with Crippen LogP contribution in [0.15, 0.2) is 22.8 Å². The second kappa shape index (κ2) is 4.47. The zero-order chi connectivity index (χ0) is 8.93. The summed E-state index contributed by atoms with van der Waals surface area (Å²) in [6.45, 7) is 0.637. The normalized spacial score (nSPS) is 19.1. The maximum absolute atomic E-state index is 5.73. The molecule has 1 aromatic heterocycles. The molecular formula is C11H16O2. The SMILES string of the molecule is c1coc(COC2CCCCC2)c1. The Morgan fingerprint density at radius 3 is 2.85 bits per heavy atom. The van der Waals surface area contributed by atoms with Crippen LogP contribution in [0.25, 0.3) is 0 Å². The quantitative estimate of drug-likeness (QED) is 0.713. The van der Waals surface area contributed by atoms with Crippen molar-refractivity contribution in [3.05, 3.63) is 24.2 Å². The zero-order valence-corrected chi connectivity index (χ0v) is 7.87. The molecule has 1 fully saturated rings. The molecule has 2 heteroatoms. The standard InChI is InChI=1S/C11H16O2/c1-2-5-10(6-3-1)13-9-11-7-4-8-12-11/h4,7-8,10H,1-3,5-6,9H2. The van der Waals surface area contributed by atoms with Crippen LogP contribution in [0.3, 0.4) is 0 Å². The Hall–Kier alpha value is -0.760. The molecule has 2 rings (SSSR count). The minimum absolute atomic E-state index is 0.471. The first-order valence-electron chi connectivity index (χ1n) is 5.09. The van der Waals surface area contributed by atoms with Gasteiger partial charge in [0.25, 0.3) is 0 Å². The summed E-state index contributed by atoms with van der Waals surface area (Å²) in [5.41, 5.74) is 0. The van der Waals surface area contributed by atoms with E-state index in [0.717, 1.165) is 5.76 Å². The van der Waals surface area contributed by atoms with Gasteiger partial charge < -0.3 is 9.15 Å². The Bertz CT molecular complexity index is 222. The van der Waals surface area contributed by atoms with Crippen LogP contribution in [0.2, 0.25) is 0 Å². The second-order valence-electron chi connectivity index (χ2n) is 3.65. The molecule has 0 saturated heterocycles. The molecule has 0 spiro atoms. The van der Waals surface area contributed by atoms with Crippen molar-refractivity contribution in [2.45, 2.75) is 44.8 Å². The van der Waals surface area contributed by atoms with Gasteiger partial charge in [0.05, 0.1) is 12.4 Å². The van der Waals surface area contributed by atoms with E-state index in [-0.39, 0.29) is 0 Å². The van der Waals surface area contributed by atoms with Crippen molar-refractivity contribution in [3.8, 4) is 0 Å². The first kappa shape index (κ1) is 8.82. The molecule has 0 aromatic carbocycles. The third-order valence-electron chi connectivity index (χ3n) is 2.59.